The van der Waals surface area contributed by atoms with Gasteiger partial charge in [0, 0.05) is 66.0 Å². The van der Waals surface area contributed by atoms with E-state index in [4.69, 9.17) is 14.6 Å². The quantitative estimate of drug-likeness (QED) is 0.170. The number of nitrogens with two attached hydrogens (primary N) is 1. The Bertz CT molecular complexity index is 3240. The molecule has 2 aliphatic carbocycles. The summed E-state index contributed by atoms with van der Waals surface area (Å²) < 4.78 is 12.9. The van der Waals surface area contributed by atoms with Crippen LogP contribution in [0, 0.1) is 0 Å². The average Bonchev–Trinajstić information content (AvgIpc) is 3.93. The van der Waals surface area contributed by atoms with Crippen molar-refractivity contribution in [3.8, 4) is 22.3 Å². The van der Waals surface area contributed by atoms with E-state index in [1.54, 1.807) is 0 Å². The number of fused-ring (bicyclic) bond motifs is 12. The minimum Gasteiger partial charge on any atom is -0.456 e. The summed E-state index contributed by atoms with van der Waals surface area (Å²) in [5.41, 5.74) is 23.3. The zero-order valence-electron chi connectivity index (χ0n) is 33.4. The Kier molecular flexibility index (Phi) is 9.68. The van der Waals surface area contributed by atoms with E-state index in [2.05, 4.69) is 164 Å². The standard InChI is InChI=1S/C27H21NO.C15H13Br.C12H9NO.CH4/c1-27(2)23-9-5-3-7-19(23)20-13-11-17(15-24(20)27)28-18-12-14-22-21-8-4-6-10-25(21)29-26(22)16-18;1-15(2)13-6-4-3-5-11(13)12-8-7-10(16)9-14(12)15;13-8-5-6-10-9-3-1-2-4-11(9)14-12(10)7-8;/h3-16,28H,1-2H3;3-9H,1-2H3;1-7H,13H2;1H4. The summed E-state index contributed by atoms with van der Waals surface area (Å²) in [5, 5.41) is 8.14. The monoisotopic (exact) mass is 846 g/mol. The fourth-order valence-corrected chi connectivity index (χ4v) is 9.53. The number of benzene rings is 8. The molecule has 0 bridgehead atoms. The molecule has 5 heteroatoms. The van der Waals surface area contributed by atoms with Gasteiger partial charge in [0.05, 0.1) is 0 Å². The molecule has 0 spiro atoms. The molecule has 8 aromatic carbocycles. The Hall–Kier alpha value is -6.56. The number of para-hydroxylation sites is 2. The first-order chi connectivity index (χ1) is 28.6. The van der Waals surface area contributed by atoms with E-state index < -0.39 is 0 Å². The van der Waals surface area contributed by atoms with Crippen molar-refractivity contribution in [3.63, 3.8) is 0 Å². The summed E-state index contributed by atoms with van der Waals surface area (Å²) >= 11 is 3.56. The van der Waals surface area contributed by atoms with E-state index >= 15 is 0 Å². The normalized spacial score (nSPS) is 13.6. The molecule has 0 radical (unpaired) electrons. The predicted octanol–water partition coefficient (Wildman–Crippen LogP) is 16.2. The first kappa shape index (κ1) is 38.9. The van der Waals surface area contributed by atoms with Gasteiger partial charge in [0.2, 0.25) is 0 Å². The Morgan fingerprint density at radius 1 is 0.417 bits per heavy atom. The molecule has 0 fully saturated rings. The van der Waals surface area contributed by atoms with E-state index in [0.717, 1.165) is 65.4 Å². The van der Waals surface area contributed by atoms with Gasteiger partial charge in [0.25, 0.3) is 0 Å². The highest BCUT2D eigenvalue weighted by Crippen LogP contribution is 2.50. The van der Waals surface area contributed by atoms with Crippen molar-refractivity contribution >= 4 is 76.9 Å². The van der Waals surface area contributed by atoms with Crippen LogP contribution in [0.25, 0.3) is 66.1 Å². The lowest BCUT2D eigenvalue weighted by Crippen LogP contribution is -2.15. The van der Waals surface area contributed by atoms with Crippen molar-refractivity contribution < 1.29 is 8.83 Å². The van der Waals surface area contributed by atoms with Crippen LogP contribution in [0.1, 0.15) is 57.4 Å². The molecule has 2 heterocycles. The molecule has 2 aromatic heterocycles. The summed E-state index contributed by atoms with van der Waals surface area (Å²) in [4.78, 5) is 0. The number of furan rings is 2. The second-order valence-electron chi connectivity index (χ2n) is 16.6. The van der Waals surface area contributed by atoms with Crippen LogP contribution in [0.3, 0.4) is 0 Å². The van der Waals surface area contributed by atoms with Crippen molar-refractivity contribution in [1.29, 1.82) is 0 Å². The van der Waals surface area contributed by atoms with Crippen LogP contribution in [0.4, 0.5) is 17.1 Å². The smallest absolute Gasteiger partial charge is 0.137 e. The van der Waals surface area contributed by atoms with Crippen LogP contribution in [0.2, 0.25) is 0 Å². The molecular weight excluding hydrogens is 801 g/mol. The van der Waals surface area contributed by atoms with E-state index in [0.29, 0.717) is 0 Å². The van der Waals surface area contributed by atoms with E-state index in [-0.39, 0.29) is 18.3 Å². The van der Waals surface area contributed by atoms with Gasteiger partial charge in [-0.25, -0.2) is 0 Å². The lowest BCUT2D eigenvalue weighted by atomic mass is 9.82. The number of halogens is 1. The molecule has 0 unspecified atom stereocenters. The third-order valence-corrected chi connectivity index (χ3v) is 12.7. The van der Waals surface area contributed by atoms with Crippen LogP contribution in [0.15, 0.2) is 183 Å². The number of hydrogen-bond acceptors (Lipinski definition) is 4. The van der Waals surface area contributed by atoms with Crippen molar-refractivity contribution in [2.75, 3.05) is 11.1 Å². The fourth-order valence-electron chi connectivity index (χ4n) is 9.17. The maximum Gasteiger partial charge on any atom is 0.137 e. The minimum atomic E-state index is 0. The highest BCUT2D eigenvalue weighted by molar-refractivity contribution is 9.10. The van der Waals surface area contributed by atoms with Gasteiger partial charge in [-0.1, -0.05) is 148 Å². The molecule has 2 aliphatic rings. The lowest BCUT2D eigenvalue weighted by Gasteiger charge is -2.22. The molecule has 0 atom stereocenters. The van der Waals surface area contributed by atoms with Crippen LogP contribution < -0.4 is 11.1 Å². The maximum absolute atomic E-state index is 6.04. The molecule has 12 rings (SSSR count). The minimum absolute atomic E-state index is 0. The Morgan fingerprint density at radius 3 is 1.47 bits per heavy atom. The first-order valence-electron chi connectivity index (χ1n) is 20.1. The fraction of sp³-hybridized carbons (Fsp3) is 0.127. The van der Waals surface area contributed by atoms with Gasteiger partial charge in [-0.15, -0.1) is 0 Å². The maximum atomic E-state index is 6.04. The van der Waals surface area contributed by atoms with E-state index in [1.807, 2.05) is 54.6 Å². The second-order valence-corrected chi connectivity index (χ2v) is 17.5. The highest BCUT2D eigenvalue weighted by Gasteiger charge is 2.36. The zero-order chi connectivity index (χ0) is 40.5. The van der Waals surface area contributed by atoms with Crippen molar-refractivity contribution in [3.05, 3.63) is 197 Å². The Labute approximate surface area is 359 Å². The summed E-state index contributed by atoms with van der Waals surface area (Å²) in [7, 11) is 0. The van der Waals surface area contributed by atoms with Crippen LogP contribution in [-0.4, -0.2) is 0 Å². The molecule has 0 aliphatic heterocycles. The summed E-state index contributed by atoms with van der Waals surface area (Å²) in [5.74, 6) is 0. The van der Waals surface area contributed by atoms with Gasteiger partial charge in [-0.2, -0.15) is 0 Å². The number of rotatable bonds is 2. The molecule has 296 valence electrons. The Morgan fingerprint density at radius 2 is 0.850 bits per heavy atom. The molecule has 60 heavy (non-hydrogen) atoms. The number of nitrogens with one attached hydrogen (secondary N) is 1. The molecule has 3 N–H and O–H groups in total. The summed E-state index contributed by atoms with van der Waals surface area (Å²) in [6.07, 6.45) is 0. The van der Waals surface area contributed by atoms with Crippen molar-refractivity contribution in [2.24, 2.45) is 0 Å². The SMILES string of the molecule is C.CC1(C)c2ccccc2-c2ccc(Br)cc21.CC1(C)c2ccccc2-c2ccc(Nc3ccc4c(c3)oc3ccccc34)cc21.Nc1ccc2c(c1)oc1ccccc12. The van der Waals surface area contributed by atoms with Crippen LogP contribution in [0.5, 0.6) is 0 Å². The molecule has 0 saturated heterocycles. The van der Waals surface area contributed by atoms with Gasteiger partial charge in [0.1, 0.15) is 22.3 Å². The Balaban J connectivity index is 0.000000126. The summed E-state index contributed by atoms with van der Waals surface area (Å²) in [6.45, 7) is 9.21. The molecule has 0 saturated carbocycles. The topological polar surface area (TPSA) is 64.3 Å². The average molecular weight is 848 g/mol. The third-order valence-electron chi connectivity index (χ3n) is 12.2. The third kappa shape index (κ3) is 6.54. The van der Waals surface area contributed by atoms with E-state index in [1.165, 1.54) is 44.5 Å². The van der Waals surface area contributed by atoms with Gasteiger partial charge in [0.15, 0.2) is 0 Å². The highest BCUT2D eigenvalue weighted by atomic mass is 79.9. The number of nitrogen functional groups attached to an aromatic ring is 1. The molecule has 10 aromatic rings. The van der Waals surface area contributed by atoms with Crippen molar-refractivity contribution in [2.45, 2.75) is 46.0 Å². The molecular formula is C55H47BrN2O2. The molecule has 0 amide bonds. The number of anilines is 3. The van der Waals surface area contributed by atoms with Gasteiger partial charge in [-0.3, -0.25) is 0 Å². The largest absolute Gasteiger partial charge is 0.456 e. The van der Waals surface area contributed by atoms with Gasteiger partial charge >= 0.3 is 0 Å². The van der Waals surface area contributed by atoms with Gasteiger partial charge in [-0.05, 0) is 105 Å². The van der Waals surface area contributed by atoms with Crippen LogP contribution in [-0.2, 0) is 10.8 Å². The van der Waals surface area contributed by atoms with E-state index in [9.17, 15) is 0 Å². The van der Waals surface area contributed by atoms with Crippen molar-refractivity contribution in [1.82, 2.24) is 0 Å². The second kappa shape index (κ2) is 14.9. The van der Waals surface area contributed by atoms with Crippen LogP contribution >= 0.6 is 15.9 Å². The molecule has 4 nitrogen and oxygen atoms in total. The lowest BCUT2D eigenvalue weighted by molar-refractivity contribution is 0.660. The summed E-state index contributed by atoms with van der Waals surface area (Å²) in [6, 6.07) is 59.0. The first-order valence-corrected chi connectivity index (χ1v) is 20.8. The number of hydrogen-bond donors (Lipinski definition) is 2. The van der Waals surface area contributed by atoms with Gasteiger partial charge < -0.3 is 19.9 Å². The zero-order valence-corrected chi connectivity index (χ0v) is 35.0. The predicted molar refractivity (Wildman–Crippen MR) is 258 cm³/mol.